The molecule has 1 saturated carbocycles. The molecule has 4 aromatic rings. The number of nitrogens with zero attached hydrogens (tertiary/aromatic N) is 4. The summed E-state index contributed by atoms with van der Waals surface area (Å²) < 4.78 is 6.10. The smallest absolute Gasteiger partial charge is 0.178 e. The molecule has 1 saturated heterocycles. The Balaban J connectivity index is 1.20. The number of hydrogen-bond donors (Lipinski definition) is 2. The second-order valence-corrected chi connectivity index (χ2v) is 9.20. The Morgan fingerprint density at radius 2 is 2.03 bits per heavy atom. The third-order valence-electron chi connectivity index (χ3n) is 6.27. The number of H-pyrrole nitrogens is 1. The fourth-order valence-corrected chi connectivity index (χ4v) is 5.36. The largest absolute Gasteiger partial charge is 0.337 e. The molecule has 6 nitrogen and oxygen atoms in total. The molecule has 6 rings (SSSR count). The summed E-state index contributed by atoms with van der Waals surface area (Å²) in [7, 11) is 0. The molecule has 2 N–H and O–H groups in total. The molecule has 0 atom stereocenters. The molecule has 1 aromatic carbocycles. The first-order valence-corrected chi connectivity index (χ1v) is 11.3. The topological polar surface area (TPSA) is 69.7 Å². The van der Waals surface area contributed by atoms with E-state index in [2.05, 4.69) is 43.6 Å². The molecular weight excluding hydrogens is 380 g/mol. The van der Waals surface area contributed by atoms with Crippen LogP contribution in [-0.4, -0.2) is 44.1 Å². The van der Waals surface area contributed by atoms with Crippen LogP contribution in [0, 0.1) is 5.92 Å². The molecule has 29 heavy (non-hydrogen) atoms. The monoisotopic (exact) mass is 404 g/mol. The number of nitrogens with one attached hydrogen (secondary N) is 2. The maximum absolute atomic E-state index is 4.87. The van der Waals surface area contributed by atoms with Crippen LogP contribution in [-0.2, 0) is 0 Å². The number of piperidine rings is 1. The molecule has 148 valence electrons. The van der Waals surface area contributed by atoms with E-state index in [0.29, 0.717) is 5.92 Å². The molecule has 3 aromatic heterocycles. The van der Waals surface area contributed by atoms with E-state index >= 15 is 0 Å². The number of hydrogen-bond acceptors (Lipinski definition) is 6. The number of pyridine rings is 1. The van der Waals surface area contributed by atoms with Crippen LogP contribution in [0.25, 0.3) is 21.1 Å². The molecule has 0 unspecified atom stereocenters. The highest BCUT2D eigenvalue weighted by Crippen LogP contribution is 2.37. The number of aromatic amines is 1. The van der Waals surface area contributed by atoms with Gasteiger partial charge >= 0.3 is 0 Å². The summed E-state index contributed by atoms with van der Waals surface area (Å²) in [6.07, 6.45) is 7.14. The maximum atomic E-state index is 4.87. The van der Waals surface area contributed by atoms with Crippen molar-refractivity contribution in [3.8, 4) is 0 Å². The molecule has 0 spiro atoms. The third kappa shape index (κ3) is 3.38. The first-order valence-electron chi connectivity index (χ1n) is 10.5. The van der Waals surface area contributed by atoms with E-state index in [1.807, 2.05) is 12.1 Å². The zero-order valence-corrected chi connectivity index (χ0v) is 17.1. The molecule has 0 amide bonds. The number of benzene rings is 1. The lowest BCUT2D eigenvalue weighted by molar-refractivity contribution is 0.204. The maximum Gasteiger partial charge on any atom is 0.178 e. The lowest BCUT2D eigenvalue weighted by Crippen LogP contribution is -2.34. The van der Waals surface area contributed by atoms with Gasteiger partial charge in [-0.05, 0) is 86.6 Å². The van der Waals surface area contributed by atoms with E-state index in [1.54, 1.807) is 17.7 Å². The van der Waals surface area contributed by atoms with E-state index in [1.165, 1.54) is 61.1 Å². The summed E-state index contributed by atoms with van der Waals surface area (Å²) in [5.41, 5.74) is 4.11. The zero-order valence-electron chi connectivity index (χ0n) is 16.3. The van der Waals surface area contributed by atoms with Gasteiger partial charge in [-0.2, -0.15) is 9.47 Å². The van der Waals surface area contributed by atoms with Crippen LogP contribution < -0.4 is 5.32 Å². The Morgan fingerprint density at radius 1 is 1.14 bits per heavy atom. The number of anilines is 2. The van der Waals surface area contributed by atoms with Gasteiger partial charge in [0, 0.05) is 29.7 Å². The van der Waals surface area contributed by atoms with Crippen LogP contribution in [0.4, 0.5) is 11.5 Å². The van der Waals surface area contributed by atoms with Crippen LogP contribution in [0.2, 0.25) is 0 Å². The van der Waals surface area contributed by atoms with Gasteiger partial charge in [0.25, 0.3) is 0 Å². The summed E-state index contributed by atoms with van der Waals surface area (Å²) in [5, 5.41) is 12.1. The van der Waals surface area contributed by atoms with Gasteiger partial charge in [-0.3, -0.25) is 10.1 Å². The average molecular weight is 405 g/mol. The quantitative estimate of drug-likeness (QED) is 0.495. The minimum atomic E-state index is 0.595. The van der Waals surface area contributed by atoms with Crippen LogP contribution >= 0.6 is 11.5 Å². The Hall–Kier alpha value is -2.51. The molecule has 0 bridgehead atoms. The van der Waals surface area contributed by atoms with Crippen molar-refractivity contribution in [1.29, 1.82) is 0 Å². The highest BCUT2D eigenvalue weighted by molar-refractivity contribution is 7.13. The molecule has 0 radical (unpaired) electrons. The number of aromatic nitrogens is 4. The van der Waals surface area contributed by atoms with Gasteiger partial charge in [-0.15, -0.1) is 0 Å². The summed E-state index contributed by atoms with van der Waals surface area (Å²) in [6, 6.07) is 10.4. The van der Waals surface area contributed by atoms with Crippen LogP contribution in [0.1, 0.15) is 37.3 Å². The highest BCUT2D eigenvalue weighted by atomic mass is 32.1. The molecule has 4 heterocycles. The average Bonchev–Trinajstić information content (AvgIpc) is 3.33. The lowest BCUT2D eigenvalue weighted by atomic mass is 9.91. The minimum Gasteiger partial charge on any atom is -0.337 e. The molecule has 2 aliphatic rings. The van der Waals surface area contributed by atoms with Crippen molar-refractivity contribution in [2.45, 2.75) is 31.6 Å². The van der Waals surface area contributed by atoms with Gasteiger partial charge in [0.15, 0.2) is 5.82 Å². The minimum absolute atomic E-state index is 0.595. The SMILES string of the molecule is c1cnc2c(Nc3ccc4c(C5CCN(CC6CC6)CC5)nsc4c3)n[nH]c2c1. The number of fused-ring (bicyclic) bond motifs is 2. The Kier molecular flexibility index (Phi) is 4.23. The summed E-state index contributed by atoms with van der Waals surface area (Å²) in [5.74, 6) is 2.34. The second kappa shape index (κ2) is 7.07. The van der Waals surface area contributed by atoms with E-state index in [-0.39, 0.29) is 0 Å². The van der Waals surface area contributed by atoms with Crippen LogP contribution in [0.3, 0.4) is 0 Å². The summed E-state index contributed by atoms with van der Waals surface area (Å²) in [6.45, 7) is 3.76. The van der Waals surface area contributed by atoms with Crippen LogP contribution in [0.15, 0.2) is 36.5 Å². The molecule has 1 aliphatic carbocycles. The predicted molar refractivity (Wildman–Crippen MR) is 118 cm³/mol. The lowest BCUT2D eigenvalue weighted by Gasteiger charge is -2.31. The van der Waals surface area contributed by atoms with Crippen molar-refractivity contribution in [2.24, 2.45) is 5.92 Å². The first kappa shape index (κ1) is 17.4. The van der Waals surface area contributed by atoms with Crippen LogP contribution in [0.5, 0.6) is 0 Å². The Bertz CT molecular complexity index is 1150. The summed E-state index contributed by atoms with van der Waals surface area (Å²) in [4.78, 5) is 7.08. The van der Waals surface area contributed by atoms with Gasteiger partial charge in [0.05, 0.1) is 15.9 Å². The third-order valence-corrected chi connectivity index (χ3v) is 7.09. The van der Waals surface area contributed by atoms with E-state index in [9.17, 15) is 0 Å². The van der Waals surface area contributed by atoms with Gasteiger partial charge in [0.2, 0.25) is 0 Å². The van der Waals surface area contributed by atoms with Gasteiger partial charge in [-0.25, -0.2) is 0 Å². The van der Waals surface area contributed by atoms with Gasteiger partial charge in [0.1, 0.15) is 5.52 Å². The van der Waals surface area contributed by atoms with E-state index in [4.69, 9.17) is 4.37 Å². The van der Waals surface area contributed by atoms with Crippen molar-refractivity contribution in [2.75, 3.05) is 25.0 Å². The van der Waals surface area contributed by atoms with Crippen molar-refractivity contribution >= 4 is 44.2 Å². The van der Waals surface area contributed by atoms with Crippen molar-refractivity contribution in [1.82, 2.24) is 24.5 Å². The number of likely N-dealkylation sites (tertiary alicyclic amines) is 1. The normalized spacial score (nSPS) is 18.6. The van der Waals surface area contributed by atoms with Gasteiger partial charge < -0.3 is 10.2 Å². The Labute approximate surface area is 173 Å². The molecule has 7 heteroatoms. The standard InChI is InChI=1S/C22H24N6S/c1-2-18-21(23-9-1)22(26-25-18)24-16-5-6-17-19(12-16)29-27-20(17)15-7-10-28(11-8-15)13-14-3-4-14/h1-2,5-6,9,12,14-15H,3-4,7-8,10-11,13H2,(H2,24,25,26). The first-order chi connectivity index (χ1) is 14.3. The summed E-state index contributed by atoms with van der Waals surface area (Å²) >= 11 is 1.61. The highest BCUT2D eigenvalue weighted by Gasteiger charge is 2.28. The van der Waals surface area contributed by atoms with Crippen molar-refractivity contribution < 1.29 is 0 Å². The fourth-order valence-electron chi connectivity index (χ4n) is 4.46. The van der Waals surface area contributed by atoms with Crippen molar-refractivity contribution in [3.05, 3.63) is 42.2 Å². The molecule has 2 fully saturated rings. The fraction of sp³-hybridized carbons (Fsp3) is 0.409. The van der Waals surface area contributed by atoms with Crippen molar-refractivity contribution in [3.63, 3.8) is 0 Å². The molecule has 1 aliphatic heterocycles. The predicted octanol–water partition coefficient (Wildman–Crippen LogP) is 4.90. The number of rotatable bonds is 5. The Morgan fingerprint density at radius 3 is 2.90 bits per heavy atom. The zero-order chi connectivity index (χ0) is 19.2. The molecular formula is C22H24N6S. The van der Waals surface area contributed by atoms with E-state index in [0.717, 1.165) is 28.5 Å². The van der Waals surface area contributed by atoms with E-state index < -0.39 is 0 Å². The van der Waals surface area contributed by atoms with Gasteiger partial charge in [-0.1, -0.05) is 0 Å². The second-order valence-electron chi connectivity index (χ2n) is 8.39.